The quantitative estimate of drug-likeness (QED) is 0.0526. The third-order valence-electron chi connectivity index (χ3n) is 10.2. The van der Waals surface area contributed by atoms with Crippen molar-refractivity contribution in [3.63, 3.8) is 0 Å². The van der Waals surface area contributed by atoms with Gasteiger partial charge in [-0.1, -0.05) is 76.0 Å². The van der Waals surface area contributed by atoms with Crippen molar-refractivity contribution < 1.29 is 37.8 Å². The van der Waals surface area contributed by atoms with E-state index in [1.54, 1.807) is 48.5 Å². The molecule has 4 rings (SSSR count). The summed E-state index contributed by atoms with van der Waals surface area (Å²) in [6, 6.07) is 13.7. The number of benzene rings is 2. The number of halogens is 1. The lowest BCUT2D eigenvalue weighted by Crippen LogP contribution is -2.51. The number of nitrogens with one attached hydrogen (secondary N) is 2. The molecule has 0 saturated carbocycles. The van der Waals surface area contributed by atoms with E-state index in [9.17, 15) is 29.7 Å². The average Bonchev–Trinajstić information content (AvgIpc) is 3.76. The van der Waals surface area contributed by atoms with E-state index < -0.39 is 60.6 Å². The van der Waals surface area contributed by atoms with Crippen LogP contribution in [-0.2, 0) is 34.4 Å². The van der Waals surface area contributed by atoms with Crippen LogP contribution in [0.5, 0.6) is 5.75 Å². The fraction of sp³-hybridized carbons (Fsp3) is 0.409. The predicted molar refractivity (Wildman–Crippen MR) is 236 cm³/mol. The summed E-state index contributed by atoms with van der Waals surface area (Å²) in [4.78, 5) is 60.3. The van der Waals surface area contributed by atoms with E-state index in [4.69, 9.17) is 47.4 Å². The molecule has 0 aliphatic heterocycles. The van der Waals surface area contributed by atoms with Crippen molar-refractivity contribution in [1.29, 1.82) is 10.5 Å². The summed E-state index contributed by atoms with van der Waals surface area (Å²) < 4.78 is 22.7. The molecule has 2 aromatic carbocycles. The van der Waals surface area contributed by atoms with Gasteiger partial charge in [-0.05, 0) is 67.6 Å². The minimum Gasteiger partial charge on any atom is -0.490 e. The van der Waals surface area contributed by atoms with E-state index in [0.29, 0.717) is 35.0 Å². The molecular formula is C44H52ClN9O8S. The van der Waals surface area contributed by atoms with Crippen LogP contribution in [0.3, 0.4) is 0 Å². The summed E-state index contributed by atoms with van der Waals surface area (Å²) in [5.41, 5.74) is 20.5. The number of nitrogens with zero attached hydrogens (tertiary/aromatic N) is 4. The first-order valence-electron chi connectivity index (χ1n) is 20.2. The Balaban J connectivity index is 1.50. The fourth-order valence-corrected chi connectivity index (χ4v) is 6.78. The average molecular weight is 902 g/mol. The summed E-state index contributed by atoms with van der Waals surface area (Å²) >= 11 is 7.20. The maximum Gasteiger partial charge on any atom is 0.328 e. The van der Waals surface area contributed by atoms with Crippen LogP contribution >= 0.6 is 23.4 Å². The van der Waals surface area contributed by atoms with Gasteiger partial charge < -0.3 is 46.5 Å². The zero-order valence-electron chi connectivity index (χ0n) is 35.8. The normalized spacial score (nSPS) is 14.3. The summed E-state index contributed by atoms with van der Waals surface area (Å²) in [6.45, 7) is 9.49. The zero-order valence-corrected chi connectivity index (χ0v) is 37.4. The number of hydrogen-bond donors (Lipinski definition) is 5. The summed E-state index contributed by atoms with van der Waals surface area (Å²) in [5, 5.41) is 26.4. The van der Waals surface area contributed by atoms with Gasteiger partial charge in [-0.15, -0.1) is 0 Å². The zero-order chi connectivity index (χ0) is 46.4. The van der Waals surface area contributed by atoms with Gasteiger partial charge in [0.2, 0.25) is 17.7 Å². The molecule has 2 amide bonds. The summed E-state index contributed by atoms with van der Waals surface area (Å²) in [6.07, 6.45) is 1.62. The molecule has 0 aliphatic rings. The highest BCUT2D eigenvalue weighted by atomic mass is 35.5. The van der Waals surface area contributed by atoms with Crippen molar-refractivity contribution in [1.82, 2.24) is 20.6 Å². The highest BCUT2D eigenvalue weighted by Crippen LogP contribution is 2.37. The van der Waals surface area contributed by atoms with Crippen LogP contribution in [0.1, 0.15) is 71.2 Å². The van der Waals surface area contributed by atoms with E-state index in [0.717, 1.165) is 5.56 Å². The Morgan fingerprint density at radius 3 is 1.92 bits per heavy atom. The highest BCUT2D eigenvalue weighted by Gasteiger charge is 2.29. The standard InChI is InChI=1S/C44H52ClN9O8S/c1-7-23(3)36(48)39(55)51-25(5)43(57)61-21-32(62-44(58)26(6)52-40(56)37(49)24(4)8-2)20-59-31-15-11-27(12-16-31)35-33(17-46)38(50)54-42(34(35)18-47)63-22-30-19-60-41(53-30)28-9-13-29(45)14-10-28/h9-16,19,23-26,32,36-37H,7-8,20-22,48-49H2,1-6H3,(H2,50,54)(H,51,55)(H,52,56)/t23-,24-,25-,26-,32-,36-,37-/m0/s1. The second-order valence-electron chi connectivity index (χ2n) is 14.9. The van der Waals surface area contributed by atoms with Gasteiger partial charge in [-0.3, -0.25) is 9.59 Å². The van der Waals surface area contributed by atoms with E-state index in [-0.39, 0.29) is 57.5 Å². The maximum atomic E-state index is 13.2. The number of nitrogen functional groups attached to an aromatic ring is 1. The molecule has 0 fully saturated rings. The van der Waals surface area contributed by atoms with E-state index in [1.165, 1.54) is 31.9 Å². The van der Waals surface area contributed by atoms with Crippen molar-refractivity contribution >= 4 is 52.9 Å². The Kier molecular flexibility index (Phi) is 18.3. The van der Waals surface area contributed by atoms with E-state index in [2.05, 4.69) is 32.7 Å². The minimum absolute atomic E-state index is 0.00316. The third-order valence-corrected chi connectivity index (χ3v) is 11.5. The van der Waals surface area contributed by atoms with Crippen LogP contribution in [-0.4, -0.2) is 77.2 Å². The van der Waals surface area contributed by atoms with Crippen LogP contribution in [0.15, 0.2) is 64.2 Å². The largest absolute Gasteiger partial charge is 0.490 e. The molecule has 0 saturated heterocycles. The Labute approximate surface area is 375 Å². The number of anilines is 1. The van der Waals surface area contributed by atoms with Crippen molar-refractivity contribution in [3.8, 4) is 40.5 Å². The maximum absolute atomic E-state index is 13.2. The van der Waals surface area contributed by atoms with Gasteiger partial charge in [0.1, 0.15) is 65.9 Å². The lowest BCUT2D eigenvalue weighted by Gasteiger charge is -2.24. The van der Waals surface area contributed by atoms with Gasteiger partial charge in [-0.25, -0.2) is 19.6 Å². The van der Waals surface area contributed by atoms with Gasteiger partial charge in [-0.2, -0.15) is 10.5 Å². The van der Waals surface area contributed by atoms with Crippen LogP contribution in [0.25, 0.3) is 22.6 Å². The SMILES string of the molecule is CC[C@H](C)[C@H](N)C(=O)N[C@@H](C)C(=O)OC[C@H](COc1ccc(-c2c(C#N)c(N)nc(SCc3coc(-c4ccc(Cl)cc4)n3)c2C#N)cc1)OC(=O)[C@H](C)NC(=O)[C@@H](N)[C@@H](C)CC. The molecule has 4 aromatic rings. The fourth-order valence-electron chi connectivity index (χ4n) is 5.78. The molecule has 63 heavy (non-hydrogen) atoms. The Morgan fingerprint density at radius 1 is 0.810 bits per heavy atom. The Hall–Kier alpha value is -6.18. The number of thioether (sulfide) groups is 1. The first-order chi connectivity index (χ1) is 30.0. The molecule has 8 N–H and O–H groups in total. The predicted octanol–water partition coefficient (Wildman–Crippen LogP) is 5.26. The number of aromatic nitrogens is 2. The summed E-state index contributed by atoms with van der Waals surface area (Å²) in [7, 11) is 0. The molecule has 2 aromatic heterocycles. The number of hydrogen-bond acceptors (Lipinski definition) is 16. The molecule has 0 radical (unpaired) electrons. The molecule has 19 heteroatoms. The molecular weight excluding hydrogens is 850 g/mol. The highest BCUT2D eigenvalue weighted by molar-refractivity contribution is 7.98. The number of rotatable bonds is 21. The smallest absolute Gasteiger partial charge is 0.328 e. The number of esters is 2. The van der Waals surface area contributed by atoms with Crippen LogP contribution in [0, 0.1) is 34.5 Å². The second kappa shape index (κ2) is 23.3. The van der Waals surface area contributed by atoms with Crippen LogP contribution in [0.2, 0.25) is 5.02 Å². The minimum atomic E-state index is -1.18. The van der Waals surface area contributed by atoms with Crippen molar-refractivity contribution in [2.24, 2.45) is 23.3 Å². The number of nitriles is 2. The third kappa shape index (κ3) is 13.4. The Morgan fingerprint density at radius 2 is 1.37 bits per heavy atom. The summed E-state index contributed by atoms with van der Waals surface area (Å²) in [5.74, 6) is -2.11. The monoisotopic (exact) mass is 901 g/mol. The van der Waals surface area contributed by atoms with E-state index in [1.807, 2.05) is 27.7 Å². The second-order valence-corrected chi connectivity index (χ2v) is 16.3. The van der Waals surface area contributed by atoms with Gasteiger partial charge in [0.25, 0.3) is 0 Å². The van der Waals surface area contributed by atoms with Crippen molar-refractivity contribution in [2.45, 2.75) is 95.4 Å². The van der Waals surface area contributed by atoms with Crippen molar-refractivity contribution in [2.75, 3.05) is 18.9 Å². The molecule has 334 valence electrons. The van der Waals surface area contributed by atoms with Gasteiger partial charge in [0.05, 0.1) is 23.3 Å². The van der Waals surface area contributed by atoms with Crippen molar-refractivity contribution in [3.05, 3.63) is 76.6 Å². The van der Waals surface area contributed by atoms with Gasteiger partial charge in [0, 0.05) is 21.9 Å². The number of ether oxygens (including phenoxy) is 3. The lowest BCUT2D eigenvalue weighted by molar-refractivity contribution is -0.163. The topological polar surface area (TPSA) is 285 Å². The van der Waals surface area contributed by atoms with Gasteiger partial charge in [0.15, 0.2) is 6.10 Å². The first kappa shape index (κ1) is 49.5. The van der Waals surface area contributed by atoms with E-state index >= 15 is 0 Å². The number of carbonyl (C=O) groups excluding carboxylic acids is 4. The number of oxazole rings is 1. The molecule has 7 atom stereocenters. The molecule has 0 bridgehead atoms. The molecule has 17 nitrogen and oxygen atoms in total. The molecule has 0 aliphatic carbocycles. The van der Waals surface area contributed by atoms with Crippen LogP contribution < -0.4 is 32.6 Å². The molecule has 0 unspecified atom stereocenters. The molecule has 2 heterocycles. The van der Waals surface area contributed by atoms with Gasteiger partial charge >= 0.3 is 11.9 Å². The lowest BCUT2D eigenvalue weighted by atomic mass is 9.97. The Bertz CT molecular complexity index is 2310. The number of carbonyl (C=O) groups is 4. The number of pyridine rings is 1. The first-order valence-corrected chi connectivity index (χ1v) is 21.6. The van der Waals surface area contributed by atoms with Crippen LogP contribution in [0.4, 0.5) is 5.82 Å². The number of nitrogens with two attached hydrogens (primary N) is 3. The molecule has 0 spiro atoms. The number of amides is 2.